The average Bonchev–Trinajstić information content (AvgIpc) is 2.98. The van der Waals surface area contributed by atoms with Crippen molar-refractivity contribution in [3.05, 3.63) is 109 Å². The molecule has 0 spiro atoms. The molecule has 1 aliphatic rings. The van der Waals surface area contributed by atoms with Crippen molar-refractivity contribution in [2.45, 2.75) is 74.3 Å². The summed E-state index contributed by atoms with van der Waals surface area (Å²) in [6.45, 7) is 23.3. The van der Waals surface area contributed by atoms with Crippen LogP contribution in [-0.2, 0) is 20.4 Å². The molecule has 0 aliphatic heterocycles. The molecule has 0 amide bonds. The topological polar surface area (TPSA) is 0 Å². The fourth-order valence-corrected chi connectivity index (χ4v) is 14.4. The van der Waals surface area contributed by atoms with Crippen molar-refractivity contribution in [1.29, 1.82) is 0 Å². The van der Waals surface area contributed by atoms with Crippen LogP contribution in [0.3, 0.4) is 0 Å². The molecule has 200 valence electrons. The number of aryl methyl sites for hydroxylation is 4. The molecule has 5 heteroatoms. The summed E-state index contributed by atoms with van der Waals surface area (Å²) in [6, 6.07) is 21.6. The first-order valence-electron chi connectivity index (χ1n) is 12.7. The van der Waals surface area contributed by atoms with Crippen LogP contribution >= 0.6 is 0 Å². The van der Waals surface area contributed by atoms with Gasteiger partial charge in [0.25, 0.3) is 0 Å². The van der Waals surface area contributed by atoms with Gasteiger partial charge in [0, 0.05) is 0 Å². The van der Waals surface area contributed by atoms with Gasteiger partial charge in [0.2, 0.25) is 0 Å². The molecule has 1 aliphatic carbocycles. The van der Waals surface area contributed by atoms with Crippen molar-refractivity contribution >= 4 is 23.6 Å². The van der Waals surface area contributed by atoms with Crippen molar-refractivity contribution in [3.63, 3.8) is 0 Å². The van der Waals surface area contributed by atoms with E-state index in [1.807, 2.05) is 0 Å². The third-order valence-corrected chi connectivity index (χ3v) is 16.8. The average molecular weight is 618 g/mol. The van der Waals surface area contributed by atoms with Gasteiger partial charge >= 0.3 is 227 Å². The number of allylic oxidation sites excluding steroid dienone is 4. The SMILES string of the molecule is CC1=C(C)C(C)([Si](c2ccccc2)(c2cc(C)c(C)c(C)c2)c2cc(C)c(C)c(C)c2)[C]([Ti+3])=C1C.[Cl-].[Cl-].[Cl-]. The predicted molar refractivity (Wildman–Crippen MR) is 152 cm³/mol. The second-order valence-corrected chi connectivity index (χ2v) is 16.0. The van der Waals surface area contributed by atoms with Gasteiger partial charge in [-0.25, -0.2) is 0 Å². The Labute approximate surface area is 262 Å². The predicted octanol–water partition coefficient (Wildman–Crippen LogP) is -2.05. The van der Waals surface area contributed by atoms with Gasteiger partial charge < -0.3 is 37.2 Å². The molecule has 0 saturated carbocycles. The summed E-state index contributed by atoms with van der Waals surface area (Å²) >= 11 is 2.40. The van der Waals surface area contributed by atoms with Crippen molar-refractivity contribution in [3.8, 4) is 0 Å². The minimum atomic E-state index is -2.61. The fraction of sp³-hybridized carbons (Fsp3) is 0.333. The molecule has 3 aromatic carbocycles. The van der Waals surface area contributed by atoms with Crippen LogP contribution in [0.5, 0.6) is 0 Å². The maximum absolute atomic E-state index is 2.61. The quantitative estimate of drug-likeness (QED) is 0.234. The molecule has 0 N–H and O–H groups in total. The van der Waals surface area contributed by atoms with Crippen molar-refractivity contribution in [2.24, 2.45) is 0 Å². The van der Waals surface area contributed by atoms with Crippen LogP contribution in [0.25, 0.3) is 0 Å². The first-order chi connectivity index (χ1) is 16.4. The van der Waals surface area contributed by atoms with Gasteiger partial charge in [-0.3, -0.25) is 0 Å². The number of benzene rings is 3. The van der Waals surface area contributed by atoms with E-state index in [4.69, 9.17) is 0 Å². The first kappa shape index (κ1) is 35.0. The third kappa shape index (κ3) is 4.98. The van der Waals surface area contributed by atoms with Crippen molar-refractivity contribution in [1.82, 2.24) is 0 Å². The number of halogens is 3. The Kier molecular flexibility index (Phi) is 11.6. The zero-order valence-electron chi connectivity index (χ0n) is 24.3. The maximum atomic E-state index is 2.56. The van der Waals surface area contributed by atoms with Gasteiger partial charge in [-0.05, 0) is 0 Å². The van der Waals surface area contributed by atoms with Gasteiger partial charge in [0.15, 0.2) is 0 Å². The second-order valence-electron chi connectivity index (χ2n) is 11.0. The molecular weight excluding hydrogens is 579 g/mol. The smallest absolute Gasteiger partial charge is 1.00 e. The van der Waals surface area contributed by atoms with Crippen LogP contribution < -0.4 is 52.8 Å². The zero-order valence-corrected chi connectivity index (χ0v) is 29.2. The van der Waals surface area contributed by atoms with Crippen LogP contribution in [0.4, 0.5) is 0 Å². The Balaban J connectivity index is 0.00000241. The van der Waals surface area contributed by atoms with E-state index in [0.29, 0.717) is 0 Å². The number of hydrogen-bond donors (Lipinski definition) is 0. The second kappa shape index (κ2) is 12.6. The van der Waals surface area contributed by atoms with E-state index in [1.165, 1.54) is 69.5 Å². The van der Waals surface area contributed by atoms with Crippen molar-refractivity contribution < 1.29 is 57.7 Å². The number of rotatable bonds is 4. The molecule has 0 bridgehead atoms. The van der Waals surface area contributed by atoms with Crippen LogP contribution in [0.15, 0.2) is 75.2 Å². The van der Waals surface area contributed by atoms with Crippen LogP contribution in [-0.4, -0.2) is 8.07 Å². The van der Waals surface area contributed by atoms with Crippen LogP contribution in [0.2, 0.25) is 5.04 Å². The minimum Gasteiger partial charge on any atom is -1.00 e. The Bertz CT molecular complexity index is 1280. The van der Waals surface area contributed by atoms with E-state index in [1.54, 1.807) is 0 Å². The standard InChI is InChI=1S/C33H39Si.3ClH.Ti/c1-21-16-31(17-22(2)26(21)6)34(30-14-12-11-13-15-30,32-18-23(3)27(7)24(4)19-32)33(10)20-25(5)28(8)29(33)9;;;;/h11-19H,1-10H3;3*1H;/q;;;;+3/p-3. The van der Waals surface area contributed by atoms with E-state index < -0.39 is 8.07 Å². The molecular formula is C33H39Cl3SiTi. The molecule has 4 rings (SSSR count). The van der Waals surface area contributed by atoms with E-state index in [9.17, 15) is 0 Å². The molecule has 0 aromatic heterocycles. The van der Waals surface area contributed by atoms with Gasteiger partial charge in [-0.2, -0.15) is 0 Å². The summed E-state index contributed by atoms with van der Waals surface area (Å²) in [5.74, 6) is 0. The monoisotopic (exact) mass is 616 g/mol. The third-order valence-electron chi connectivity index (χ3n) is 9.43. The maximum Gasteiger partial charge on any atom is -1.00 e. The van der Waals surface area contributed by atoms with Gasteiger partial charge in [0.1, 0.15) is 0 Å². The minimum absolute atomic E-state index is 0. The van der Waals surface area contributed by atoms with Gasteiger partial charge in [-0.1, -0.05) is 0 Å². The molecule has 38 heavy (non-hydrogen) atoms. The molecule has 0 fully saturated rings. The van der Waals surface area contributed by atoms with Crippen LogP contribution in [0, 0.1) is 41.5 Å². The summed E-state index contributed by atoms with van der Waals surface area (Å²) < 4.78 is 1.54. The largest absolute Gasteiger partial charge is 1.00 e. The van der Waals surface area contributed by atoms with Crippen molar-refractivity contribution in [2.75, 3.05) is 0 Å². The summed E-state index contributed by atoms with van der Waals surface area (Å²) in [5.41, 5.74) is 12.9. The zero-order chi connectivity index (χ0) is 25.9. The summed E-state index contributed by atoms with van der Waals surface area (Å²) in [6.07, 6.45) is 0. The Morgan fingerprint density at radius 3 is 1.24 bits per heavy atom. The van der Waals surface area contributed by atoms with E-state index >= 15 is 0 Å². The fourth-order valence-electron chi connectivity index (χ4n) is 6.43. The Hall–Kier alpha value is -1.06. The molecule has 0 nitrogen and oxygen atoms in total. The molecule has 0 radical (unpaired) electrons. The molecule has 3 aromatic rings. The van der Waals surface area contributed by atoms with E-state index in [-0.39, 0.29) is 42.3 Å². The summed E-state index contributed by atoms with van der Waals surface area (Å²) in [5, 5.41) is 4.48. The molecule has 0 saturated heterocycles. The summed E-state index contributed by atoms with van der Waals surface area (Å²) in [4.78, 5) is 0. The van der Waals surface area contributed by atoms with E-state index in [0.717, 1.165) is 0 Å². The first-order valence-corrected chi connectivity index (χ1v) is 15.5. The van der Waals surface area contributed by atoms with E-state index in [2.05, 4.69) is 144 Å². The summed E-state index contributed by atoms with van der Waals surface area (Å²) in [7, 11) is -2.61. The number of hydrogen-bond acceptors (Lipinski definition) is 0. The Morgan fingerprint density at radius 1 is 0.553 bits per heavy atom. The van der Waals surface area contributed by atoms with Crippen LogP contribution in [0.1, 0.15) is 61.1 Å². The molecule has 0 heterocycles. The Morgan fingerprint density at radius 2 is 0.921 bits per heavy atom. The molecule has 1 atom stereocenters. The molecule has 1 unspecified atom stereocenters. The van der Waals surface area contributed by atoms with Gasteiger partial charge in [0.05, 0.1) is 0 Å². The van der Waals surface area contributed by atoms with Gasteiger partial charge in [-0.15, -0.1) is 0 Å². The normalized spacial score (nSPS) is 17.2.